The Labute approximate surface area is 166 Å². The molecule has 1 aliphatic heterocycles. The number of hydrogen-bond acceptors (Lipinski definition) is 4. The van der Waals surface area contributed by atoms with Gasteiger partial charge in [-0.1, -0.05) is 19.1 Å². The van der Waals surface area contributed by atoms with Crippen LogP contribution in [-0.2, 0) is 16.6 Å². The van der Waals surface area contributed by atoms with Gasteiger partial charge in [-0.3, -0.25) is 4.79 Å². The molecule has 1 saturated heterocycles. The number of piperidine rings is 1. The average molecular weight is 403 g/mol. The minimum Gasteiger partial charge on any atom is -0.497 e. The van der Waals surface area contributed by atoms with E-state index in [1.807, 2.05) is 24.3 Å². The molecule has 1 amide bonds. The molecule has 3 rings (SSSR count). The first-order valence-corrected chi connectivity index (χ1v) is 10.9. The van der Waals surface area contributed by atoms with Crippen molar-refractivity contribution in [2.75, 3.05) is 20.2 Å². The summed E-state index contributed by atoms with van der Waals surface area (Å²) in [6.07, 6.45) is 1.76. The number of carbonyl (C=O) groups excluding carboxylic acids is 1. The predicted octanol–water partition coefficient (Wildman–Crippen LogP) is 3.05. The molecule has 0 bridgehead atoms. The van der Waals surface area contributed by atoms with E-state index in [0.717, 1.165) is 24.2 Å². The van der Waals surface area contributed by atoms with Gasteiger partial charge in [-0.2, -0.15) is 4.31 Å². The Morgan fingerprint density at radius 2 is 1.68 bits per heavy atom. The van der Waals surface area contributed by atoms with Gasteiger partial charge in [0.25, 0.3) is 5.91 Å². The topological polar surface area (TPSA) is 75.7 Å². The van der Waals surface area contributed by atoms with Crippen LogP contribution in [0.2, 0.25) is 0 Å². The number of ether oxygens (including phenoxy) is 1. The maximum Gasteiger partial charge on any atom is 0.251 e. The van der Waals surface area contributed by atoms with E-state index in [0.29, 0.717) is 31.1 Å². The van der Waals surface area contributed by atoms with Gasteiger partial charge in [-0.25, -0.2) is 8.42 Å². The number of nitrogens with zero attached hydrogens (tertiary/aromatic N) is 1. The van der Waals surface area contributed by atoms with Crippen molar-refractivity contribution in [1.29, 1.82) is 0 Å². The molecule has 1 aliphatic rings. The predicted molar refractivity (Wildman–Crippen MR) is 108 cm³/mol. The molecule has 6 nitrogen and oxygen atoms in total. The third kappa shape index (κ3) is 4.72. The first-order valence-electron chi connectivity index (χ1n) is 9.41. The van der Waals surface area contributed by atoms with Crippen molar-refractivity contribution >= 4 is 15.9 Å². The summed E-state index contributed by atoms with van der Waals surface area (Å²) in [4.78, 5) is 12.6. The molecule has 0 radical (unpaired) electrons. The van der Waals surface area contributed by atoms with Crippen LogP contribution in [0.1, 0.15) is 35.7 Å². The molecule has 1 heterocycles. The second-order valence-corrected chi connectivity index (χ2v) is 9.08. The smallest absolute Gasteiger partial charge is 0.251 e. The fraction of sp³-hybridized carbons (Fsp3) is 0.381. The minimum absolute atomic E-state index is 0.230. The van der Waals surface area contributed by atoms with Crippen molar-refractivity contribution in [2.24, 2.45) is 5.92 Å². The normalized spacial score (nSPS) is 15.9. The van der Waals surface area contributed by atoms with Crippen LogP contribution in [-0.4, -0.2) is 38.8 Å². The monoisotopic (exact) mass is 402 g/mol. The summed E-state index contributed by atoms with van der Waals surface area (Å²) in [7, 11) is -1.90. The van der Waals surface area contributed by atoms with Crippen LogP contribution < -0.4 is 10.1 Å². The van der Waals surface area contributed by atoms with Crippen LogP contribution in [0.25, 0.3) is 0 Å². The molecule has 7 heteroatoms. The van der Waals surface area contributed by atoms with E-state index in [2.05, 4.69) is 12.2 Å². The number of carbonyl (C=O) groups is 1. The maximum absolute atomic E-state index is 12.8. The van der Waals surface area contributed by atoms with Crippen molar-refractivity contribution in [3.8, 4) is 5.75 Å². The summed E-state index contributed by atoms with van der Waals surface area (Å²) in [5.41, 5.74) is 1.38. The van der Waals surface area contributed by atoms with E-state index in [1.54, 1.807) is 19.2 Å². The highest BCUT2D eigenvalue weighted by atomic mass is 32.2. The molecule has 0 saturated carbocycles. The van der Waals surface area contributed by atoms with Crippen LogP contribution in [0.5, 0.6) is 5.75 Å². The number of nitrogens with one attached hydrogen (secondary N) is 1. The SMILES string of the molecule is COc1ccc(CNC(=O)c2ccc(S(=O)(=O)N3CCC(C)CC3)cc2)cc1. The van der Waals surface area contributed by atoms with Crippen molar-refractivity contribution in [3.63, 3.8) is 0 Å². The first kappa shape index (κ1) is 20.4. The lowest BCUT2D eigenvalue weighted by molar-refractivity contribution is 0.0951. The summed E-state index contributed by atoms with van der Waals surface area (Å²) in [6, 6.07) is 13.6. The zero-order valence-electron chi connectivity index (χ0n) is 16.2. The van der Waals surface area contributed by atoms with Gasteiger partial charge < -0.3 is 10.1 Å². The van der Waals surface area contributed by atoms with E-state index in [4.69, 9.17) is 4.74 Å². The van der Waals surface area contributed by atoms with Gasteiger partial charge in [-0.15, -0.1) is 0 Å². The number of methoxy groups -OCH3 is 1. The lowest BCUT2D eigenvalue weighted by Gasteiger charge is -2.29. The Balaban J connectivity index is 1.62. The van der Waals surface area contributed by atoms with Gasteiger partial charge in [0.2, 0.25) is 10.0 Å². The molecule has 0 aromatic heterocycles. The molecular formula is C21H26N2O4S. The summed E-state index contributed by atoms with van der Waals surface area (Å²) in [6.45, 7) is 3.62. The van der Waals surface area contributed by atoms with Crippen LogP contribution in [0.15, 0.2) is 53.4 Å². The third-order valence-corrected chi connectivity index (χ3v) is 7.02. The number of sulfonamides is 1. The number of hydrogen-bond donors (Lipinski definition) is 1. The minimum atomic E-state index is -3.50. The van der Waals surface area contributed by atoms with Crippen LogP contribution in [0.4, 0.5) is 0 Å². The fourth-order valence-corrected chi connectivity index (χ4v) is 4.65. The average Bonchev–Trinajstić information content (AvgIpc) is 2.73. The lowest BCUT2D eigenvalue weighted by Crippen LogP contribution is -2.37. The molecular weight excluding hydrogens is 376 g/mol. The second kappa shape index (κ2) is 8.75. The molecule has 0 aliphatic carbocycles. The van der Waals surface area contributed by atoms with Crippen molar-refractivity contribution in [2.45, 2.75) is 31.2 Å². The molecule has 0 unspecified atom stereocenters. The Kier molecular flexibility index (Phi) is 6.36. The van der Waals surface area contributed by atoms with E-state index in [1.165, 1.54) is 16.4 Å². The van der Waals surface area contributed by atoms with Gasteiger partial charge in [0.05, 0.1) is 12.0 Å². The Morgan fingerprint density at radius 1 is 1.07 bits per heavy atom. The first-order chi connectivity index (χ1) is 13.4. The van der Waals surface area contributed by atoms with E-state index in [-0.39, 0.29) is 10.8 Å². The Morgan fingerprint density at radius 3 is 2.25 bits per heavy atom. The number of amides is 1. The highest BCUT2D eigenvalue weighted by Crippen LogP contribution is 2.23. The molecule has 2 aromatic carbocycles. The van der Waals surface area contributed by atoms with E-state index >= 15 is 0 Å². The van der Waals surface area contributed by atoms with E-state index < -0.39 is 10.0 Å². The largest absolute Gasteiger partial charge is 0.497 e. The molecule has 0 atom stereocenters. The van der Waals surface area contributed by atoms with Crippen LogP contribution >= 0.6 is 0 Å². The summed E-state index contributed by atoms with van der Waals surface area (Å²) in [5.74, 6) is 1.07. The van der Waals surface area contributed by atoms with Crippen molar-refractivity contribution < 1.29 is 17.9 Å². The standard InChI is InChI=1S/C21H26N2O4S/c1-16-11-13-23(14-12-16)28(25,26)20-9-5-18(6-10-20)21(24)22-15-17-3-7-19(27-2)8-4-17/h3-10,16H,11-15H2,1-2H3,(H,22,24). The summed E-state index contributed by atoms with van der Waals surface area (Å²) < 4.78 is 32.2. The van der Waals surface area contributed by atoms with Gasteiger partial charge in [-0.05, 0) is 60.7 Å². The van der Waals surface area contributed by atoms with Gasteiger partial charge >= 0.3 is 0 Å². The van der Waals surface area contributed by atoms with Crippen molar-refractivity contribution in [3.05, 3.63) is 59.7 Å². The van der Waals surface area contributed by atoms with Crippen LogP contribution in [0, 0.1) is 5.92 Å². The molecule has 0 spiro atoms. The number of benzene rings is 2. The Hall–Kier alpha value is -2.38. The number of rotatable bonds is 6. The zero-order valence-corrected chi connectivity index (χ0v) is 17.0. The fourth-order valence-electron chi connectivity index (χ4n) is 3.18. The quantitative estimate of drug-likeness (QED) is 0.806. The zero-order chi connectivity index (χ0) is 20.1. The second-order valence-electron chi connectivity index (χ2n) is 7.14. The van der Waals surface area contributed by atoms with Gasteiger partial charge in [0, 0.05) is 25.2 Å². The summed E-state index contributed by atoms with van der Waals surface area (Å²) in [5, 5.41) is 2.84. The van der Waals surface area contributed by atoms with Gasteiger partial charge in [0.15, 0.2) is 0 Å². The Bertz CT molecular complexity index is 900. The summed E-state index contributed by atoms with van der Waals surface area (Å²) >= 11 is 0. The maximum atomic E-state index is 12.8. The van der Waals surface area contributed by atoms with Crippen molar-refractivity contribution in [1.82, 2.24) is 9.62 Å². The highest BCUT2D eigenvalue weighted by molar-refractivity contribution is 7.89. The third-order valence-electron chi connectivity index (χ3n) is 5.11. The molecule has 1 fully saturated rings. The highest BCUT2D eigenvalue weighted by Gasteiger charge is 2.28. The van der Waals surface area contributed by atoms with E-state index in [9.17, 15) is 13.2 Å². The van der Waals surface area contributed by atoms with Gasteiger partial charge in [0.1, 0.15) is 5.75 Å². The molecule has 2 aromatic rings. The molecule has 28 heavy (non-hydrogen) atoms. The lowest BCUT2D eigenvalue weighted by atomic mass is 10.0. The molecule has 1 N–H and O–H groups in total. The van der Waals surface area contributed by atoms with Crippen LogP contribution in [0.3, 0.4) is 0 Å². The molecule has 150 valence electrons.